The number of ether oxygens (including phenoxy) is 3. The molecule has 58 heavy (non-hydrogen) atoms. The van der Waals surface area contributed by atoms with Gasteiger partial charge in [0.1, 0.15) is 29.7 Å². The normalized spacial score (nSPS) is 20.1. The lowest BCUT2D eigenvalue weighted by molar-refractivity contribution is -0.130. The second kappa shape index (κ2) is 18.9. The number of hydrogen-bond donors (Lipinski definition) is 0. The first kappa shape index (κ1) is 41.4. The van der Waals surface area contributed by atoms with Gasteiger partial charge in [-0.3, -0.25) is 14.7 Å². The van der Waals surface area contributed by atoms with Crippen LogP contribution in [-0.4, -0.2) is 78.9 Å². The molecule has 9 rings (SSSR count). The summed E-state index contributed by atoms with van der Waals surface area (Å²) >= 11 is 0. The summed E-state index contributed by atoms with van der Waals surface area (Å²) in [4.78, 5) is 39.3. The maximum Gasteiger partial charge on any atom is 0.318 e. The van der Waals surface area contributed by atoms with E-state index >= 15 is 0 Å². The van der Waals surface area contributed by atoms with Crippen LogP contribution in [0.25, 0.3) is 32.9 Å². The Hall–Kier alpha value is -4.80. The average Bonchev–Trinajstić information content (AvgIpc) is 3.89. The first-order valence-corrected chi connectivity index (χ1v) is 21.1. The number of carbonyl (C=O) groups excluding carboxylic acids is 1. The van der Waals surface area contributed by atoms with E-state index in [1.54, 1.807) is 44.6 Å². The van der Waals surface area contributed by atoms with Crippen molar-refractivity contribution < 1.29 is 23.4 Å². The Bertz CT molecular complexity index is 2240. The minimum atomic E-state index is -0.165. The zero-order chi connectivity index (χ0) is 40.8. The van der Waals surface area contributed by atoms with Gasteiger partial charge in [0.2, 0.25) is 0 Å². The van der Waals surface area contributed by atoms with Crippen LogP contribution in [0.1, 0.15) is 82.3 Å². The van der Waals surface area contributed by atoms with E-state index in [4.69, 9.17) is 29.2 Å². The topological polar surface area (TPSA) is 119 Å². The molecule has 0 bridgehead atoms. The summed E-state index contributed by atoms with van der Waals surface area (Å²) in [7, 11) is 6.05. The predicted molar refractivity (Wildman–Crippen MR) is 231 cm³/mol. The van der Waals surface area contributed by atoms with E-state index in [0.29, 0.717) is 49.1 Å². The number of nitrogens with zero attached hydrogens (tertiary/aromatic N) is 6. The Balaban J connectivity index is 0.000000188. The van der Waals surface area contributed by atoms with E-state index in [-0.39, 0.29) is 5.82 Å². The van der Waals surface area contributed by atoms with Crippen LogP contribution in [0.2, 0.25) is 0 Å². The third-order valence-corrected chi connectivity index (χ3v) is 12.5. The van der Waals surface area contributed by atoms with Crippen LogP contribution >= 0.6 is 9.24 Å². The molecule has 4 fully saturated rings. The third-order valence-electron chi connectivity index (χ3n) is 12.0. The number of aryl methyl sites for hydroxylation is 1. The third kappa shape index (κ3) is 9.08. The Labute approximate surface area is 342 Å². The monoisotopic (exact) mass is 808 g/mol. The molecule has 4 unspecified atom stereocenters. The fourth-order valence-corrected chi connectivity index (χ4v) is 9.35. The highest BCUT2D eigenvalue weighted by Crippen LogP contribution is 2.44. The quantitative estimate of drug-likeness (QED) is 0.0768. The van der Waals surface area contributed by atoms with Gasteiger partial charge in [-0.2, -0.15) is 9.97 Å². The van der Waals surface area contributed by atoms with Crippen LogP contribution in [0, 0.1) is 16.6 Å². The van der Waals surface area contributed by atoms with Crippen LogP contribution in [0.4, 0.5) is 15.9 Å². The molecule has 0 radical (unpaired) electrons. The highest BCUT2D eigenvalue weighted by atomic mass is 31.0. The molecule has 13 heteroatoms. The van der Waals surface area contributed by atoms with Crippen LogP contribution < -0.4 is 19.7 Å². The molecule has 11 nitrogen and oxygen atoms in total. The highest BCUT2D eigenvalue weighted by molar-refractivity contribution is 7.28. The Morgan fingerprint density at radius 2 is 1.76 bits per heavy atom. The molecule has 0 amide bonds. The summed E-state index contributed by atoms with van der Waals surface area (Å²) in [6, 6.07) is 16.2. The number of fused-ring (bicyclic) bond motifs is 3. The maximum atomic E-state index is 15.0. The molecule has 3 aliphatic heterocycles. The summed E-state index contributed by atoms with van der Waals surface area (Å²) in [6.07, 6.45) is 12.5. The van der Waals surface area contributed by atoms with Crippen LogP contribution in [0.15, 0.2) is 59.9 Å². The smallest absolute Gasteiger partial charge is 0.318 e. The molecule has 306 valence electrons. The van der Waals surface area contributed by atoms with Gasteiger partial charge in [-0.15, -0.1) is 14.1 Å². The van der Waals surface area contributed by atoms with Crippen molar-refractivity contribution in [3.63, 3.8) is 0 Å². The number of benzene rings is 3. The number of piperidine rings is 1. The van der Waals surface area contributed by atoms with Gasteiger partial charge in [-0.25, -0.2) is 4.39 Å². The fraction of sp³-hybridized carbons (Fsp3) is 0.467. The van der Waals surface area contributed by atoms with Gasteiger partial charge in [-0.05, 0) is 140 Å². The molecule has 0 N–H and O–H groups in total. The van der Waals surface area contributed by atoms with Crippen LogP contribution in [0.5, 0.6) is 11.8 Å². The zero-order valence-corrected chi connectivity index (χ0v) is 35.1. The molecule has 4 aliphatic rings. The number of hydrogen-bond acceptors (Lipinski definition) is 11. The summed E-state index contributed by atoms with van der Waals surface area (Å²) in [5.41, 5.74) is 5.06. The Kier molecular flexibility index (Phi) is 13.4. The standard InChI is InChI=1S/C29H32FN4OP.C9H15NO2.C7H7NO2/c1-4-20-23(30)10-9-18-12-19(17-7-8-17)13-21(24(18)20)25-27(36)26-22(14-31-25)28(33-29(32-26)35-3)34-11-5-6-16(2)15-34;11-7-12-6-9-4-3-8-2-1-5-10(8)9;1-10-7-4-2-6(8-9)3-5-7/h9-10,12-14,16-17H,4-8,11,15,36H2,1-3H3;7-9H,1-6H2;2-5H,1H3. The first-order valence-electron chi connectivity index (χ1n) is 20.6. The van der Waals surface area contributed by atoms with E-state index in [1.165, 1.54) is 57.1 Å². The van der Waals surface area contributed by atoms with Crippen molar-refractivity contribution in [3.05, 3.63) is 76.6 Å². The van der Waals surface area contributed by atoms with Gasteiger partial charge in [0, 0.05) is 42.2 Å². The van der Waals surface area contributed by atoms with Gasteiger partial charge in [0.05, 0.1) is 30.8 Å². The summed E-state index contributed by atoms with van der Waals surface area (Å²) in [6.45, 7) is 8.57. The van der Waals surface area contributed by atoms with Gasteiger partial charge in [0.15, 0.2) is 0 Å². The molecule has 0 spiro atoms. The molecular weight excluding hydrogens is 755 g/mol. The van der Waals surface area contributed by atoms with E-state index in [0.717, 1.165) is 80.9 Å². The molecule has 3 saturated heterocycles. The predicted octanol–water partition coefficient (Wildman–Crippen LogP) is 9.05. The molecule has 5 heterocycles. The highest BCUT2D eigenvalue weighted by Gasteiger charge is 2.36. The van der Waals surface area contributed by atoms with Crippen molar-refractivity contribution in [2.45, 2.75) is 89.6 Å². The first-order chi connectivity index (χ1) is 28.3. The molecule has 1 saturated carbocycles. The lowest BCUT2D eigenvalue weighted by atomic mass is 9.92. The van der Waals surface area contributed by atoms with Gasteiger partial charge in [0.25, 0.3) is 6.47 Å². The molecule has 2 aromatic heterocycles. The second-order valence-electron chi connectivity index (χ2n) is 15.8. The Morgan fingerprint density at radius 1 is 0.966 bits per heavy atom. The average molecular weight is 809 g/mol. The minimum absolute atomic E-state index is 0.165. The SMILES string of the molecule is CCc1c(F)ccc2cc(C3CC3)cc(-c3ncc4c(N5CCCC(C)C5)nc(OC)nc4c3P)c12.COc1ccc(N=O)cc1.O=COCC1CCC2CCCN21. The number of nitroso groups, excluding NO2 is 1. The van der Waals surface area contributed by atoms with Crippen LogP contribution in [0.3, 0.4) is 0 Å². The number of pyridine rings is 1. The lowest BCUT2D eigenvalue weighted by Crippen LogP contribution is -2.35. The van der Waals surface area contributed by atoms with Crippen molar-refractivity contribution in [2.24, 2.45) is 11.1 Å². The lowest BCUT2D eigenvalue weighted by Gasteiger charge is -2.32. The minimum Gasteiger partial charge on any atom is -0.497 e. The zero-order valence-electron chi connectivity index (χ0n) is 34.0. The van der Waals surface area contributed by atoms with Crippen molar-refractivity contribution in [1.82, 2.24) is 19.9 Å². The molecule has 1 aliphatic carbocycles. The number of rotatable bonds is 10. The number of halogens is 1. The van der Waals surface area contributed by atoms with Gasteiger partial charge in [-0.1, -0.05) is 26.0 Å². The number of carbonyl (C=O) groups is 1. The van der Waals surface area contributed by atoms with E-state index in [9.17, 15) is 14.1 Å². The van der Waals surface area contributed by atoms with E-state index in [1.807, 2.05) is 19.2 Å². The Morgan fingerprint density at radius 3 is 2.45 bits per heavy atom. The number of anilines is 1. The molecule has 3 aromatic carbocycles. The van der Waals surface area contributed by atoms with Gasteiger partial charge < -0.3 is 19.1 Å². The molecule has 5 aromatic rings. The van der Waals surface area contributed by atoms with Crippen LogP contribution in [-0.2, 0) is 16.0 Å². The molecule has 4 atom stereocenters. The van der Waals surface area contributed by atoms with E-state index < -0.39 is 0 Å². The van der Waals surface area contributed by atoms with Crippen molar-refractivity contribution in [2.75, 3.05) is 45.4 Å². The fourth-order valence-electron chi connectivity index (χ4n) is 8.90. The van der Waals surface area contributed by atoms with Gasteiger partial charge >= 0.3 is 6.01 Å². The summed E-state index contributed by atoms with van der Waals surface area (Å²) < 4.78 is 30.2. The van der Waals surface area contributed by atoms with Crippen molar-refractivity contribution in [1.29, 1.82) is 0 Å². The largest absolute Gasteiger partial charge is 0.497 e. The summed E-state index contributed by atoms with van der Waals surface area (Å²) in [5, 5.41) is 6.57. The number of methoxy groups -OCH3 is 2. The number of aromatic nitrogens is 3. The van der Waals surface area contributed by atoms with E-state index in [2.05, 4.69) is 43.3 Å². The maximum absolute atomic E-state index is 15.0. The summed E-state index contributed by atoms with van der Waals surface area (Å²) in [5.74, 6) is 2.63. The molecular formula is C45H54FN6O5P. The second-order valence-corrected chi connectivity index (χ2v) is 16.4. The van der Waals surface area contributed by atoms with Crippen molar-refractivity contribution >= 4 is 54.2 Å². The van der Waals surface area contributed by atoms with Crippen molar-refractivity contribution in [3.8, 4) is 23.0 Å².